The highest BCUT2D eigenvalue weighted by Gasteiger charge is 2.36. The van der Waals surface area contributed by atoms with Gasteiger partial charge in [0.15, 0.2) is 0 Å². The van der Waals surface area contributed by atoms with E-state index in [2.05, 4.69) is 20.3 Å². The minimum Gasteiger partial charge on any atom is -0.387 e. The van der Waals surface area contributed by atoms with Crippen molar-refractivity contribution in [2.75, 3.05) is 18.4 Å². The Morgan fingerprint density at radius 2 is 1.79 bits per heavy atom. The topological polar surface area (TPSA) is 131 Å². The summed E-state index contributed by atoms with van der Waals surface area (Å²) in [5, 5.41) is 14.3. The van der Waals surface area contributed by atoms with Crippen molar-refractivity contribution in [3.63, 3.8) is 0 Å². The molecular weight excluding hydrogens is 554 g/mol. The predicted molar refractivity (Wildman–Crippen MR) is 163 cm³/mol. The van der Waals surface area contributed by atoms with Gasteiger partial charge in [-0.25, -0.2) is 4.98 Å². The maximum Gasteiger partial charge on any atom is 0.261 e. The first-order chi connectivity index (χ1) is 20.4. The third-order valence-corrected chi connectivity index (χ3v) is 8.69. The van der Waals surface area contributed by atoms with E-state index < -0.39 is 6.10 Å². The molecule has 0 radical (unpaired) electrons. The summed E-state index contributed by atoms with van der Waals surface area (Å²) in [6, 6.07) is 11.9. The molecule has 1 aliphatic heterocycles. The lowest BCUT2D eigenvalue weighted by molar-refractivity contribution is 0.0649. The molecule has 9 nitrogen and oxygen atoms in total. The normalized spacial score (nSPS) is 16.6. The number of halogens is 1. The van der Waals surface area contributed by atoms with Gasteiger partial charge in [0.25, 0.3) is 17.4 Å². The van der Waals surface area contributed by atoms with E-state index in [-0.39, 0.29) is 35.3 Å². The molecule has 2 aliphatic rings. The molecule has 1 fully saturated rings. The van der Waals surface area contributed by atoms with Crippen molar-refractivity contribution in [3.8, 4) is 11.4 Å². The lowest BCUT2D eigenvalue weighted by atomic mass is 9.95. The van der Waals surface area contributed by atoms with Gasteiger partial charge in [-0.05, 0) is 54.7 Å². The van der Waals surface area contributed by atoms with Crippen LogP contribution in [0, 0.1) is 5.92 Å². The number of hydrogen-bond acceptors (Lipinski definition) is 6. The fourth-order valence-electron chi connectivity index (χ4n) is 6.21. The number of H-pyrrole nitrogens is 2. The number of nitrogens with zero attached hydrogens (tertiary/aromatic N) is 2. The van der Waals surface area contributed by atoms with Gasteiger partial charge in [0, 0.05) is 24.3 Å². The highest BCUT2D eigenvalue weighted by atomic mass is 35.5. The first-order valence-electron chi connectivity index (χ1n) is 14.7. The SMILES string of the molecule is O=C1c2cc3nc(-c4c(NC[C@@H](O)c5cccc(Cl)c5)cc[nH]c4=O)[nH]c3cc2C(=O)N1CCCC1CCCCCC1. The van der Waals surface area contributed by atoms with Crippen LogP contribution in [0.25, 0.3) is 22.4 Å². The van der Waals surface area contributed by atoms with Crippen LogP contribution in [0.15, 0.2) is 53.5 Å². The van der Waals surface area contributed by atoms with Gasteiger partial charge in [0.05, 0.1) is 34.0 Å². The largest absolute Gasteiger partial charge is 0.387 e. The van der Waals surface area contributed by atoms with Gasteiger partial charge in [-0.3, -0.25) is 19.3 Å². The van der Waals surface area contributed by atoms with Crippen molar-refractivity contribution in [2.24, 2.45) is 5.92 Å². The molecule has 1 atom stereocenters. The minimum absolute atomic E-state index is 0.130. The number of aromatic nitrogens is 3. The van der Waals surface area contributed by atoms with Crippen LogP contribution in [0.2, 0.25) is 5.02 Å². The van der Waals surface area contributed by atoms with Gasteiger partial charge >= 0.3 is 0 Å². The number of carbonyl (C=O) groups excluding carboxylic acids is 2. The van der Waals surface area contributed by atoms with Crippen LogP contribution in [0.5, 0.6) is 0 Å². The number of fused-ring (bicyclic) bond motifs is 2. The van der Waals surface area contributed by atoms with Gasteiger partial charge in [-0.2, -0.15) is 0 Å². The third-order valence-electron chi connectivity index (χ3n) is 8.46. The number of aromatic amines is 2. The second-order valence-corrected chi connectivity index (χ2v) is 11.7. The first-order valence-corrected chi connectivity index (χ1v) is 15.1. The van der Waals surface area contributed by atoms with E-state index in [1.54, 1.807) is 42.5 Å². The van der Waals surface area contributed by atoms with E-state index in [0.717, 1.165) is 12.8 Å². The summed E-state index contributed by atoms with van der Waals surface area (Å²) < 4.78 is 0. The first kappa shape index (κ1) is 28.2. The lowest BCUT2D eigenvalue weighted by Crippen LogP contribution is -2.31. The van der Waals surface area contributed by atoms with Crippen molar-refractivity contribution >= 4 is 40.1 Å². The zero-order valence-electron chi connectivity index (χ0n) is 23.3. The molecular formula is C32H34ClN5O4. The average molecular weight is 588 g/mol. The van der Waals surface area contributed by atoms with E-state index >= 15 is 0 Å². The van der Waals surface area contributed by atoms with Crippen molar-refractivity contribution in [1.29, 1.82) is 0 Å². The van der Waals surface area contributed by atoms with Crippen molar-refractivity contribution in [2.45, 2.75) is 57.5 Å². The average Bonchev–Trinajstić information content (AvgIpc) is 3.35. The number of imide groups is 1. The number of hydrogen-bond donors (Lipinski definition) is 4. The van der Waals surface area contributed by atoms with Gasteiger partial charge in [0.1, 0.15) is 11.4 Å². The Kier molecular flexibility index (Phi) is 8.13. The summed E-state index contributed by atoms with van der Waals surface area (Å²) in [4.78, 5) is 51.2. The van der Waals surface area contributed by atoms with E-state index in [9.17, 15) is 19.5 Å². The molecule has 42 heavy (non-hydrogen) atoms. The molecule has 0 saturated heterocycles. The van der Waals surface area contributed by atoms with Crippen LogP contribution in [0.3, 0.4) is 0 Å². The molecule has 6 rings (SSSR count). The predicted octanol–water partition coefficient (Wildman–Crippen LogP) is 6.06. The van der Waals surface area contributed by atoms with E-state index in [4.69, 9.17) is 11.6 Å². The number of rotatable bonds is 9. The zero-order valence-corrected chi connectivity index (χ0v) is 24.0. The number of imidazole rings is 1. The summed E-state index contributed by atoms with van der Waals surface area (Å²) >= 11 is 6.06. The fraction of sp³-hybridized carbons (Fsp3) is 0.375. The summed E-state index contributed by atoms with van der Waals surface area (Å²) in [7, 11) is 0. The van der Waals surface area contributed by atoms with Crippen LogP contribution < -0.4 is 10.9 Å². The minimum atomic E-state index is -0.860. The molecule has 2 aromatic carbocycles. The number of nitrogens with one attached hydrogen (secondary N) is 3. The summed E-state index contributed by atoms with van der Waals surface area (Å²) in [5.41, 5.74) is 2.72. The highest BCUT2D eigenvalue weighted by Crippen LogP contribution is 2.32. The van der Waals surface area contributed by atoms with Gasteiger partial charge in [-0.1, -0.05) is 62.3 Å². The fourth-order valence-corrected chi connectivity index (χ4v) is 6.40. The molecule has 10 heteroatoms. The second-order valence-electron chi connectivity index (χ2n) is 11.3. The Morgan fingerprint density at radius 1 is 1.02 bits per heavy atom. The van der Waals surface area contributed by atoms with Gasteiger partial charge in [-0.15, -0.1) is 0 Å². The number of carbonyl (C=O) groups is 2. The van der Waals surface area contributed by atoms with Crippen LogP contribution in [-0.2, 0) is 0 Å². The molecule has 0 spiro atoms. The zero-order chi connectivity index (χ0) is 29.2. The number of benzene rings is 2. The molecule has 0 bridgehead atoms. The van der Waals surface area contributed by atoms with E-state index in [0.29, 0.717) is 50.9 Å². The van der Waals surface area contributed by atoms with E-state index in [1.807, 2.05) is 0 Å². The monoisotopic (exact) mass is 587 g/mol. The Labute approximate surface area is 248 Å². The summed E-state index contributed by atoms with van der Waals surface area (Å²) in [5.74, 6) is 0.389. The van der Waals surface area contributed by atoms with Crippen molar-refractivity contribution < 1.29 is 14.7 Å². The van der Waals surface area contributed by atoms with Gasteiger partial charge < -0.3 is 20.4 Å². The van der Waals surface area contributed by atoms with Crippen molar-refractivity contribution in [3.05, 3.63) is 80.7 Å². The van der Waals surface area contributed by atoms with Crippen LogP contribution in [0.4, 0.5) is 5.69 Å². The summed E-state index contributed by atoms with van der Waals surface area (Å²) in [6.07, 6.45) is 10.2. The number of aliphatic hydroxyl groups is 1. The third kappa shape index (κ3) is 5.71. The quantitative estimate of drug-likeness (QED) is 0.139. The maximum absolute atomic E-state index is 13.2. The lowest BCUT2D eigenvalue weighted by Gasteiger charge is -2.17. The van der Waals surface area contributed by atoms with Crippen LogP contribution in [0.1, 0.15) is 83.7 Å². The number of pyridine rings is 1. The maximum atomic E-state index is 13.2. The standard InChI is InChI=1S/C32H34ClN5O4/c33-21-11-5-10-20(15-21)27(39)18-35-24-12-13-34-30(40)28(24)29-36-25-16-22-23(17-26(25)37-29)32(42)38(31(22)41)14-6-9-19-7-3-1-2-4-8-19/h5,10-13,15-17,19,27,39H,1-4,6-9,14,18H2,(H,36,37)(H2,34,35,40)/t27-/m1/s1. The molecule has 2 aromatic heterocycles. The smallest absolute Gasteiger partial charge is 0.261 e. The molecule has 4 aromatic rings. The van der Waals surface area contributed by atoms with Crippen molar-refractivity contribution in [1.82, 2.24) is 19.9 Å². The summed E-state index contributed by atoms with van der Waals surface area (Å²) in [6.45, 7) is 0.551. The Hall–Kier alpha value is -3.95. The molecule has 0 unspecified atom stereocenters. The Morgan fingerprint density at radius 3 is 2.55 bits per heavy atom. The molecule has 218 valence electrons. The van der Waals surface area contributed by atoms with Crippen LogP contribution in [-0.4, -0.2) is 49.9 Å². The number of amides is 2. The molecule has 1 aliphatic carbocycles. The number of aliphatic hydroxyl groups excluding tert-OH is 1. The molecule has 4 N–H and O–H groups in total. The Balaban J connectivity index is 1.19. The number of anilines is 1. The van der Waals surface area contributed by atoms with E-state index in [1.165, 1.54) is 49.6 Å². The van der Waals surface area contributed by atoms with Gasteiger partial charge in [0.2, 0.25) is 0 Å². The second kappa shape index (κ2) is 12.1. The molecule has 1 saturated carbocycles. The molecule has 3 heterocycles. The highest BCUT2D eigenvalue weighted by molar-refractivity contribution is 6.30. The molecule has 2 amide bonds. The Bertz CT molecular complexity index is 1630. The van der Waals surface area contributed by atoms with Crippen LogP contribution >= 0.6 is 11.6 Å².